The van der Waals surface area contributed by atoms with Crippen molar-refractivity contribution < 1.29 is 4.79 Å². The van der Waals surface area contributed by atoms with Crippen LogP contribution in [0.5, 0.6) is 0 Å². The van der Waals surface area contributed by atoms with Gasteiger partial charge in [0.15, 0.2) is 0 Å². The topological polar surface area (TPSA) is 32.3 Å². The zero-order valence-electron chi connectivity index (χ0n) is 9.61. The minimum atomic E-state index is 0.154. The number of carbonyl (C=O) groups excluding carboxylic acids is 1. The predicted octanol–water partition coefficient (Wildman–Crippen LogP) is 1.82. The van der Waals surface area contributed by atoms with Crippen LogP contribution < -0.4 is 5.32 Å². The van der Waals surface area contributed by atoms with Gasteiger partial charge in [0.05, 0.1) is 4.88 Å². The normalized spacial score (nSPS) is 19.9. The lowest BCUT2D eigenvalue weighted by Crippen LogP contribution is -2.28. The van der Waals surface area contributed by atoms with Crippen LogP contribution in [0.4, 0.5) is 0 Å². The molecule has 2 heterocycles. The molecule has 0 bridgehead atoms. The van der Waals surface area contributed by atoms with E-state index >= 15 is 0 Å². The van der Waals surface area contributed by atoms with Crippen LogP contribution in [0.2, 0.25) is 0 Å². The quantitative estimate of drug-likeness (QED) is 0.868. The zero-order valence-corrected chi connectivity index (χ0v) is 10.4. The Morgan fingerprint density at radius 2 is 2.56 bits per heavy atom. The summed E-state index contributed by atoms with van der Waals surface area (Å²) < 4.78 is 0. The van der Waals surface area contributed by atoms with E-state index in [1.807, 2.05) is 29.5 Å². The van der Waals surface area contributed by atoms with E-state index < -0.39 is 0 Å². The number of nitrogens with one attached hydrogen (secondary N) is 1. The van der Waals surface area contributed by atoms with Crippen LogP contribution in [-0.2, 0) is 0 Å². The van der Waals surface area contributed by atoms with Crippen LogP contribution in [0.1, 0.15) is 22.5 Å². The summed E-state index contributed by atoms with van der Waals surface area (Å²) in [6.07, 6.45) is 2.36. The Hall–Kier alpha value is -0.870. The fourth-order valence-corrected chi connectivity index (χ4v) is 2.74. The van der Waals surface area contributed by atoms with Gasteiger partial charge in [-0.1, -0.05) is 6.07 Å². The highest BCUT2D eigenvalue weighted by atomic mass is 32.1. The van der Waals surface area contributed by atoms with E-state index in [2.05, 4.69) is 5.32 Å². The zero-order chi connectivity index (χ0) is 11.4. The third-order valence-electron chi connectivity index (χ3n) is 3.11. The number of carbonyl (C=O) groups is 1. The second-order valence-electron chi connectivity index (χ2n) is 4.35. The van der Waals surface area contributed by atoms with Gasteiger partial charge in [-0.15, -0.1) is 11.3 Å². The van der Waals surface area contributed by atoms with Crippen LogP contribution in [-0.4, -0.2) is 37.5 Å². The van der Waals surface area contributed by atoms with E-state index in [1.165, 1.54) is 17.8 Å². The van der Waals surface area contributed by atoms with E-state index in [1.54, 1.807) is 0 Å². The maximum absolute atomic E-state index is 11.9. The van der Waals surface area contributed by atoms with Gasteiger partial charge in [0.1, 0.15) is 0 Å². The molecule has 2 rings (SSSR count). The Kier molecular flexibility index (Phi) is 3.96. The predicted molar refractivity (Wildman–Crippen MR) is 66.9 cm³/mol. The number of hydrogen-bond acceptors (Lipinski definition) is 3. The van der Waals surface area contributed by atoms with Crippen molar-refractivity contribution in [3.8, 4) is 0 Å². The molecule has 0 spiro atoms. The first-order valence-corrected chi connectivity index (χ1v) is 6.65. The van der Waals surface area contributed by atoms with E-state index in [9.17, 15) is 4.79 Å². The molecule has 1 aliphatic rings. The van der Waals surface area contributed by atoms with Gasteiger partial charge in [0.2, 0.25) is 0 Å². The molecule has 1 amide bonds. The third-order valence-corrected chi connectivity index (χ3v) is 3.97. The monoisotopic (exact) mass is 238 g/mol. The lowest BCUT2D eigenvalue weighted by atomic mass is 10.1. The largest absolute Gasteiger partial charge is 0.341 e. The summed E-state index contributed by atoms with van der Waals surface area (Å²) >= 11 is 1.51. The van der Waals surface area contributed by atoms with Gasteiger partial charge in [-0.3, -0.25) is 4.79 Å². The summed E-state index contributed by atoms with van der Waals surface area (Å²) in [6, 6.07) is 3.81. The molecule has 1 aliphatic heterocycles. The minimum absolute atomic E-state index is 0.154. The molecule has 0 aliphatic carbocycles. The van der Waals surface area contributed by atoms with Crippen molar-refractivity contribution in [3.05, 3.63) is 22.4 Å². The molecular formula is C12H18N2OS. The summed E-state index contributed by atoms with van der Waals surface area (Å²) in [5.41, 5.74) is 0. The number of nitrogens with zero attached hydrogens (tertiary/aromatic N) is 1. The lowest BCUT2D eigenvalue weighted by molar-refractivity contribution is 0.0793. The van der Waals surface area contributed by atoms with Crippen LogP contribution in [0.25, 0.3) is 0 Å². The molecule has 1 atom stereocenters. The number of amides is 1. The number of rotatable bonds is 4. The molecule has 0 radical (unpaired) electrons. The standard InChI is InChI=1S/C12H18N2OS/c1-14(7-5-10-4-6-13-9-10)12(15)11-3-2-8-16-11/h2-3,8,10,13H,4-7,9H2,1H3. The third kappa shape index (κ3) is 2.83. The van der Waals surface area contributed by atoms with E-state index in [0.29, 0.717) is 0 Å². The van der Waals surface area contributed by atoms with Crippen LogP contribution in [0.15, 0.2) is 17.5 Å². The molecule has 0 aromatic carbocycles. The molecule has 0 saturated carbocycles. The maximum atomic E-state index is 11.9. The van der Waals surface area contributed by atoms with Crippen molar-refractivity contribution in [2.75, 3.05) is 26.7 Å². The molecule has 88 valence electrons. The minimum Gasteiger partial charge on any atom is -0.341 e. The van der Waals surface area contributed by atoms with E-state index in [4.69, 9.17) is 0 Å². The fourth-order valence-electron chi connectivity index (χ4n) is 2.03. The molecule has 3 nitrogen and oxygen atoms in total. The molecule has 4 heteroatoms. The summed E-state index contributed by atoms with van der Waals surface area (Å²) in [5.74, 6) is 0.902. The van der Waals surface area contributed by atoms with E-state index in [0.717, 1.165) is 36.9 Å². The van der Waals surface area contributed by atoms with Gasteiger partial charge in [-0.05, 0) is 43.3 Å². The van der Waals surface area contributed by atoms with Crippen molar-refractivity contribution in [2.24, 2.45) is 5.92 Å². The first-order chi connectivity index (χ1) is 7.77. The Balaban J connectivity index is 1.78. The smallest absolute Gasteiger partial charge is 0.263 e. The molecular weight excluding hydrogens is 220 g/mol. The average Bonchev–Trinajstić information content (AvgIpc) is 2.96. The number of thiophene rings is 1. The first-order valence-electron chi connectivity index (χ1n) is 5.77. The molecule has 1 aromatic rings. The SMILES string of the molecule is CN(CCC1CCNC1)C(=O)c1cccs1. The van der Waals surface area contributed by atoms with Gasteiger partial charge in [0, 0.05) is 13.6 Å². The fraction of sp³-hybridized carbons (Fsp3) is 0.583. The lowest BCUT2D eigenvalue weighted by Gasteiger charge is -2.18. The molecule has 1 saturated heterocycles. The van der Waals surface area contributed by atoms with Crippen LogP contribution >= 0.6 is 11.3 Å². The number of hydrogen-bond donors (Lipinski definition) is 1. The van der Waals surface area contributed by atoms with Gasteiger partial charge in [-0.25, -0.2) is 0 Å². The van der Waals surface area contributed by atoms with Crippen molar-refractivity contribution in [1.82, 2.24) is 10.2 Å². The van der Waals surface area contributed by atoms with Gasteiger partial charge >= 0.3 is 0 Å². The van der Waals surface area contributed by atoms with Gasteiger partial charge in [0.25, 0.3) is 5.91 Å². The summed E-state index contributed by atoms with van der Waals surface area (Å²) in [4.78, 5) is 14.6. The second-order valence-corrected chi connectivity index (χ2v) is 5.30. The molecule has 1 unspecified atom stereocenters. The summed E-state index contributed by atoms with van der Waals surface area (Å²) in [5, 5.41) is 5.30. The van der Waals surface area contributed by atoms with Crippen molar-refractivity contribution in [3.63, 3.8) is 0 Å². The Labute approximate surface area is 100 Å². The van der Waals surface area contributed by atoms with Crippen molar-refractivity contribution in [2.45, 2.75) is 12.8 Å². The maximum Gasteiger partial charge on any atom is 0.263 e. The molecule has 1 aromatic heterocycles. The molecule has 1 fully saturated rings. The average molecular weight is 238 g/mol. The Morgan fingerprint density at radius 3 is 3.19 bits per heavy atom. The van der Waals surface area contributed by atoms with Crippen LogP contribution in [0, 0.1) is 5.92 Å². The van der Waals surface area contributed by atoms with Crippen molar-refractivity contribution in [1.29, 1.82) is 0 Å². The highest BCUT2D eigenvalue weighted by Crippen LogP contribution is 2.15. The molecule has 1 N–H and O–H groups in total. The van der Waals surface area contributed by atoms with E-state index in [-0.39, 0.29) is 5.91 Å². The Morgan fingerprint density at radius 1 is 1.69 bits per heavy atom. The van der Waals surface area contributed by atoms with Crippen LogP contribution in [0.3, 0.4) is 0 Å². The Bertz CT molecular complexity index is 331. The van der Waals surface area contributed by atoms with Gasteiger partial charge in [-0.2, -0.15) is 0 Å². The summed E-state index contributed by atoms with van der Waals surface area (Å²) in [6.45, 7) is 3.11. The second kappa shape index (κ2) is 5.46. The summed E-state index contributed by atoms with van der Waals surface area (Å²) in [7, 11) is 1.89. The molecule has 16 heavy (non-hydrogen) atoms. The van der Waals surface area contributed by atoms with Crippen molar-refractivity contribution >= 4 is 17.2 Å². The van der Waals surface area contributed by atoms with Gasteiger partial charge < -0.3 is 10.2 Å². The highest BCUT2D eigenvalue weighted by Gasteiger charge is 2.17. The first kappa shape index (κ1) is 11.6. The highest BCUT2D eigenvalue weighted by molar-refractivity contribution is 7.12.